The number of nitrogens with two attached hydrogens (primary N) is 1. The van der Waals surface area contributed by atoms with Crippen LogP contribution in [0.15, 0.2) is 30.3 Å². The molecule has 1 rings (SSSR count). The topological polar surface area (TPSA) is 116 Å². The number of ether oxygens (including phenoxy) is 1. The number of carbonyl (C=O) groups excluding carboxylic acids is 2. The van der Waals surface area contributed by atoms with Gasteiger partial charge < -0.3 is 10.5 Å². The third-order valence-corrected chi connectivity index (χ3v) is 5.99. The van der Waals surface area contributed by atoms with E-state index in [-0.39, 0.29) is 37.2 Å². The normalized spacial score (nSPS) is 14.6. The Morgan fingerprint density at radius 3 is 2.37 bits per heavy atom. The first-order valence-electron chi connectivity index (χ1n) is 10.1. The van der Waals surface area contributed by atoms with Gasteiger partial charge in [-0.1, -0.05) is 50.6 Å². The first-order chi connectivity index (χ1) is 14.1. The third-order valence-electron chi connectivity index (χ3n) is 5.02. The highest BCUT2D eigenvalue weighted by Crippen LogP contribution is 2.15. The fraction of sp³-hybridized carbons (Fsp3) is 0.619. The van der Waals surface area contributed by atoms with E-state index < -0.39 is 27.8 Å². The van der Waals surface area contributed by atoms with Crippen molar-refractivity contribution in [1.82, 2.24) is 5.06 Å². The summed E-state index contributed by atoms with van der Waals surface area (Å²) in [6, 6.07) is 7.93. The van der Waals surface area contributed by atoms with E-state index in [1.165, 1.54) is 7.11 Å². The summed E-state index contributed by atoms with van der Waals surface area (Å²) >= 11 is 0. The lowest BCUT2D eigenvalue weighted by Gasteiger charge is -2.30. The molecule has 0 saturated heterocycles. The molecule has 0 aliphatic rings. The Labute approximate surface area is 179 Å². The van der Waals surface area contributed by atoms with Gasteiger partial charge in [0.1, 0.15) is 9.84 Å². The van der Waals surface area contributed by atoms with Crippen LogP contribution in [0.25, 0.3) is 0 Å². The number of carbonyl (C=O) groups is 2. The molecule has 9 heteroatoms. The van der Waals surface area contributed by atoms with Gasteiger partial charge in [-0.05, 0) is 24.3 Å². The zero-order chi connectivity index (χ0) is 22.7. The standard InChI is InChI=1S/C21H34N2O6S/c1-5-16(2)18(22)15-29-23(19(21(25)28-3)13-14-30(4,26)27)20(24)12-11-17-9-7-6-8-10-17/h6-10,16,18-19H,5,11-15,22H2,1-4H3/t16-,18?,19-/m0/s1. The van der Waals surface area contributed by atoms with Gasteiger partial charge >= 0.3 is 5.97 Å². The van der Waals surface area contributed by atoms with Crippen LogP contribution >= 0.6 is 0 Å². The summed E-state index contributed by atoms with van der Waals surface area (Å²) < 4.78 is 28.1. The minimum absolute atomic E-state index is 0.0262. The molecule has 0 saturated carbocycles. The Morgan fingerprint density at radius 1 is 1.20 bits per heavy atom. The molecular weight excluding hydrogens is 408 g/mol. The Kier molecular flexibility index (Phi) is 11.0. The zero-order valence-electron chi connectivity index (χ0n) is 18.2. The number of nitrogens with zero attached hydrogens (tertiary/aromatic N) is 1. The van der Waals surface area contributed by atoms with Gasteiger partial charge in [0.05, 0.1) is 19.5 Å². The number of aryl methyl sites for hydroxylation is 1. The summed E-state index contributed by atoms with van der Waals surface area (Å²) in [5.41, 5.74) is 7.08. The summed E-state index contributed by atoms with van der Waals surface area (Å²) in [7, 11) is -2.16. The third kappa shape index (κ3) is 9.23. The van der Waals surface area contributed by atoms with Crippen LogP contribution < -0.4 is 5.73 Å². The Hall–Kier alpha value is -1.97. The van der Waals surface area contributed by atoms with E-state index in [0.29, 0.717) is 6.42 Å². The van der Waals surface area contributed by atoms with Gasteiger partial charge in [0.15, 0.2) is 6.04 Å². The SMILES string of the molecule is CC[C@H](C)C(N)CON(C(=O)CCc1ccccc1)[C@@H](CCS(C)(=O)=O)C(=O)OC. The van der Waals surface area contributed by atoms with Crippen molar-refractivity contribution >= 4 is 21.7 Å². The van der Waals surface area contributed by atoms with Crippen molar-refractivity contribution in [2.45, 2.75) is 51.6 Å². The van der Waals surface area contributed by atoms with Crippen LogP contribution in [-0.2, 0) is 35.4 Å². The van der Waals surface area contributed by atoms with Crippen molar-refractivity contribution in [2.24, 2.45) is 11.7 Å². The number of sulfone groups is 1. The predicted molar refractivity (Wildman–Crippen MR) is 115 cm³/mol. The minimum atomic E-state index is -3.35. The van der Waals surface area contributed by atoms with Gasteiger partial charge in [0.25, 0.3) is 0 Å². The first kappa shape index (κ1) is 26.1. The summed E-state index contributed by atoms with van der Waals surface area (Å²) in [5.74, 6) is -1.29. The molecule has 0 heterocycles. The number of amides is 1. The van der Waals surface area contributed by atoms with Crippen LogP contribution in [0, 0.1) is 5.92 Å². The number of methoxy groups -OCH3 is 1. The van der Waals surface area contributed by atoms with Crippen LogP contribution in [0.1, 0.15) is 38.7 Å². The molecule has 8 nitrogen and oxygen atoms in total. The fourth-order valence-electron chi connectivity index (χ4n) is 2.77. The summed E-state index contributed by atoms with van der Waals surface area (Å²) in [6.45, 7) is 3.99. The predicted octanol–water partition coefficient (Wildman–Crippen LogP) is 1.73. The van der Waals surface area contributed by atoms with E-state index in [0.717, 1.165) is 23.3 Å². The molecule has 0 fully saturated rings. The van der Waals surface area contributed by atoms with E-state index in [1.807, 2.05) is 44.2 Å². The maximum absolute atomic E-state index is 13.0. The van der Waals surface area contributed by atoms with Crippen molar-refractivity contribution < 1.29 is 27.6 Å². The number of esters is 1. The van der Waals surface area contributed by atoms with E-state index in [9.17, 15) is 18.0 Å². The van der Waals surface area contributed by atoms with Gasteiger partial charge in [-0.15, -0.1) is 0 Å². The molecule has 1 unspecified atom stereocenters. The molecule has 170 valence electrons. The van der Waals surface area contributed by atoms with E-state index in [4.69, 9.17) is 15.3 Å². The quantitative estimate of drug-likeness (QED) is 0.365. The molecule has 1 aromatic rings. The van der Waals surface area contributed by atoms with Gasteiger partial charge in [-0.2, -0.15) is 0 Å². The summed E-state index contributed by atoms with van der Waals surface area (Å²) in [6.07, 6.45) is 2.33. The highest BCUT2D eigenvalue weighted by atomic mass is 32.2. The van der Waals surface area contributed by atoms with E-state index >= 15 is 0 Å². The number of hydrogen-bond acceptors (Lipinski definition) is 7. The van der Waals surface area contributed by atoms with Crippen LogP contribution in [0.3, 0.4) is 0 Å². The molecule has 30 heavy (non-hydrogen) atoms. The van der Waals surface area contributed by atoms with Gasteiger partial charge in [-0.3, -0.25) is 9.63 Å². The molecule has 0 radical (unpaired) electrons. The summed E-state index contributed by atoms with van der Waals surface area (Å²) in [5, 5.41) is 0.961. The Balaban J connectivity index is 3.01. The van der Waals surface area contributed by atoms with Crippen molar-refractivity contribution in [3.05, 3.63) is 35.9 Å². The smallest absolute Gasteiger partial charge is 0.331 e. The number of benzene rings is 1. The molecule has 0 aromatic heterocycles. The van der Waals surface area contributed by atoms with Crippen LogP contribution in [0.4, 0.5) is 0 Å². The molecule has 0 spiro atoms. The molecule has 0 bridgehead atoms. The number of hydroxylamine groups is 2. The molecule has 1 amide bonds. The Morgan fingerprint density at radius 2 is 1.83 bits per heavy atom. The molecular formula is C21H34N2O6S. The van der Waals surface area contributed by atoms with Crippen molar-refractivity contribution in [1.29, 1.82) is 0 Å². The lowest BCUT2D eigenvalue weighted by atomic mass is 10.0. The maximum Gasteiger partial charge on any atom is 0.331 e. The zero-order valence-corrected chi connectivity index (χ0v) is 19.1. The fourth-order valence-corrected chi connectivity index (χ4v) is 3.42. The second-order valence-corrected chi connectivity index (χ2v) is 9.77. The molecule has 0 aliphatic heterocycles. The lowest BCUT2D eigenvalue weighted by molar-refractivity contribution is -0.210. The van der Waals surface area contributed by atoms with Gasteiger partial charge in [-0.25, -0.2) is 18.3 Å². The average Bonchev–Trinajstić information content (AvgIpc) is 2.72. The van der Waals surface area contributed by atoms with Gasteiger partial charge in [0, 0.05) is 18.7 Å². The molecule has 0 aliphatic carbocycles. The second-order valence-electron chi connectivity index (χ2n) is 7.51. The van der Waals surface area contributed by atoms with Crippen LogP contribution in [0.5, 0.6) is 0 Å². The minimum Gasteiger partial charge on any atom is -0.467 e. The van der Waals surface area contributed by atoms with Crippen LogP contribution in [0.2, 0.25) is 0 Å². The largest absolute Gasteiger partial charge is 0.467 e. The van der Waals surface area contributed by atoms with E-state index in [2.05, 4.69) is 0 Å². The highest BCUT2D eigenvalue weighted by Gasteiger charge is 2.33. The van der Waals surface area contributed by atoms with Crippen molar-refractivity contribution in [3.8, 4) is 0 Å². The highest BCUT2D eigenvalue weighted by molar-refractivity contribution is 7.90. The molecule has 3 atom stereocenters. The number of rotatable bonds is 13. The first-order valence-corrected chi connectivity index (χ1v) is 12.1. The maximum atomic E-state index is 13.0. The van der Waals surface area contributed by atoms with Crippen LogP contribution in [-0.4, -0.2) is 63.2 Å². The molecule has 1 aromatic carbocycles. The second kappa shape index (κ2) is 12.7. The number of hydrogen-bond donors (Lipinski definition) is 1. The summed E-state index contributed by atoms with van der Waals surface area (Å²) in [4.78, 5) is 31.0. The van der Waals surface area contributed by atoms with Crippen molar-refractivity contribution in [2.75, 3.05) is 25.7 Å². The van der Waals surface area contributed by atoms with Gasteiger partial charge in [0.2, 0.25) is 5.91 Å². The Bertz CT molecular complexity index is 769. The van der Waals surface area contributed by atoms with E-state index in [1.54, 1.807) is 0 Å². The monoisotopic (exact) mass is 442 g/mol. The molecule has 2 N–H and O–H groups in total. The lowest BCUT2D eigenvalue weighted by Crippen LogP contribution is -2.48. The van der Waals surface area contributed by atoms with Crippen molar-refractivity contribution in [3.63, 3.8) is 0 Å². The average molecular weight is 443 g/mol.